The Labute approximate surface area is 205 Å². The summed E-state index contributed by atoms with van der Waals surface area (Å²) in [5.74, 6) is 1.17. The topological polar surface area (TPSA) is 102 Å². The largest absolute Gasteiger partial charge is 0.487 e. The van der Waals surface area contributed by atoms with Crippen LogP contribution in [0.2, 0.25) is 5.02 Å². The molecule has 0 spiro atoms. The molecule has 7 nitrogen and oxygen atoms in total. The maximum Gasteiger partial charge on any atom is 0.156 e. The molecule has 0 bridgehead atoms. The van der Waals surface area contributed by atoms with E-state index in [4.69, 9.17) is 21.1 Å². The number of hydrogen-bond acceptors (Lipinski definition) is 7. The van der Waals surface area contributed by atoms with Gasteiger partial charge in [-0.25, -0.2) is 18.4 Å². The van der Waals surface area contributed by atoms with Crippen LogP contribution in [0.4, 0.5) is 0 Å². The van der Waals surface area contributed by atoms with E-state index in [0.29, 0.717) is 27.8 Å². The smallest absolute Gasteiger partial charge is 0.156 e. The maximum absolute atomic E-state index is 10.9. The van der Waals surface area contributed by atoms with Crippen LogP contribution >= 0.6 is 11.6 Å². The second-order valence-electron chi connectivity index (χ2n) is 8.66. The Morgan fingerprint density at radius 2 is 1.88 bits per heavy atom. The van der Waals surface area contributed by atoms with Crippen LogP contribution in [0.5, 0.6) is 11.5 Å². The van der Waals surface area contributed by atoms with Crippen molar-refractivity contribution in [3.63, 3.8) is 0 Å². The molecule has 176 valence electrons. The summed E-state index contributed by atoms with van der Waals surface area (Å²) in [5, 5.41) is 10.1. The fourth-order valence-electron chi connectivity index (χ4n) is 3.51. The fraction of sp³-hybridized carbons (Fsp3) is 0.320. The highest BCUT2D eigenvalue weighted by Gasteiger charge is 2.29. The number of nitrogens with zero attached hydrogens (tertiary/aromatic N) is 3. The van der Waals surface area contributed by atoms with E-state index in [-0.39, 0.29) is 24.3 Å². The summed E-state index contributed by atoms with van der Waals surface area (Å²) >= 11 is 6.50. The Hall–Kier alpha value is -3.15. The molecule has 0 atom stereocenters. The SMILES string of the molecule is CC(C)(c1ccc(OCc2ccnc(C[SH](=O)=O)n2)cc1)c1cc(Cl)c(OC2CC2)c(C#N)c1. The maximum atomic E-state index is 10.9. The van der Waals surface area contributed by atoms with Crippen molar-refractivity contribution in [2.75, 3.05) is 0 Å². The molecule has 1 saturated carbocycles. The van der Waals surface area contributed by atoms with Crippen molar-refractivity contribution >= 4 is 22.3 Å². The van der Waals surface area contributed by atoms with Gasteiger partial charge in [0.15, 0.2) is 5.75 Å². The van der Waals surface area contributed by atoms with Gasteiger partial charge in [-0.2, -0.15) is 5.26 Å². The summed E-state index contributed by atoms with van der Waals surface area (Å²) in [6, 6.07) is 15.3. The lowest BCUT2D eigenvalue weighted by Crippen LogP contribution is -2.19. The minimum absolute atomic E-state index is 0.154. The second-order valence-corrected chi connectivity index (χ2v) is 10.0. The zero-order valence-corrected chi connectivity index (χ0v) is 20.5. The van der Waals surface area contributed by atoms with E-state index in [1.165, 1.54) is 6.20 Å². The summed E-state index contributed by atoms with van der Waals surface area (Å²) in [5.41, 5.74) is 2.56. The molecule has 2 aromatic carbocycles. The van der Waals surface area contributed by atoms with Gasteiger partial charge in [-0.05, 0) is 54.3 Å². The van der Waals surface area contributed by atoms with Crippen molar-refractivity contribution in [2.45, 2.75) is 50.6 Å². The number of aromatic nitrogens is 2. The Bertz CT molecular complexity index is 1300. The molecule has 34 heavy (non-hydrogen) atoms. The third-order valence-corrected chi connectivity index (χ3v) is 6.51. The molecule has 0 N–H and O–H groups in total. The first-order valence-electron chi connectivity index (χ1n) is 10.8. The lowest BCUT2D eigenvalue weighted by Gasteiger charge is -2.27. The Kier molecular flexibility index (Phi) is 7.05. The molecule has 9 heteroatoms. The molecule has 1 heterocycles. The molecule has 1 fully saturated rings. The van der Waals surface area contributed by atoms with Crippen LogP contribution in [-0.4, -0.2) is 24.5 Å². The molecule has 1 aliphatic carbocycles. The number of hydrogen-bond donors (Lipinski definition) is 1. The van der Waals surface area contributed by atoms with E-state index in [9.17, 15) is 13.7 Å². The summed E-state index contributed by atoms with van der Waals surface area (Å²) in [7, 11) is -2.58. The van der Waals surface area contributed by atoms with E-state index >= 15 is 0 Å². The lowest BCUT2D eigenvalue weighted by molar-refractivity contribution is 0.300. The van der Waals surface area contributed by atoms with Crippen LogP contribution in [0.3, 0.4) is 0 Å². The van der Waals surface area contributed by atoms with Gasteiger partial charge in [-0.3, -0.25) is 0 Å². The van der Waals surface area contributed by atoms with E-state index in [1.807, 2.05) is 36.4 Å². The molecular weight excluding hydrogens is 474 g/mol. The normalized spacial score (nSPS) is 13.5. The van der Waals surface area contributed by atoms with E-state index in [0.717, 1.165) is 24.0 Å². The number of thiol groups is 1. The zero-order chi connectivity index (χ0) is 24.3. The van der Waals surface area contributed by atoms with Gasteiger partial charge in [0.1, 0.15) is 40.7 Å². The lowest BCUT2D eigenvalue weighted by atomic mass is 9.77. The first-order valence-corrected chi connectivity index (χ1v) is 12.6. The quantitative estimate of drug-likeness (QED) is 0.432. The second kappa shape index (κ2) is 10.00. The van der Waals surface area contributed by atoms with Gasteiger partial charge in [-0.1, -0.05) is 37.6 Å². The average molecular weight is 498 g/mol. The molecule has 0 radical (unpaired) electrons. The third-order valence-electron chi connectivity index (χ3n) is 5.69. The Balaban J connectivity index is 1.48. The minimum atomic E-state index is -2.58. The molecule has 0 amide bonds. The number of benzene rings is 2. The minimum Gasteiger partial charge on any atom is -0.487 e. The number of nitriles is 1. The highest BCUT2D eigenvalue weighted by atomic mass is 35.5. The fourth-order valence-corrected chi connectivity index (χ4v) is 4.16. The molecule has 4 rings (SSSR count). The standard InChI is InChI=1S/C25H24ClN3O4S/c1-25(2,18-11-16(13-27)24(22(26)12-18)33-21-7-8-21)17-3-5-20(6-4-17)32-14-19-9-10-28-23(29-19)15-34(30)31/h3-6,9-12,21,34H,7-8,14-15H2,1-2H3. The van der Waals surface area contributed by atoms with Crippen LogP contribution in [0, 0.1) is 11.3 Å². The van der Waals surface area contributed by atoms with Crippen molar-refractivity contribution in [3.05, 3.63) is 81.9 Å². The van der Waals surface area contributed by atoms with Crippen LogP contribution in [0.15, 0.2) is 48.7 Å². The summed E-state index contributed by atoms with van der Waals surface area (Å²) < 4.78 is 33.4. The van der Waals surface area contributed by atoms with Crippen molar-refractivity contribution in [1.29, 1.82) is 5.26 Å². The Morgan fingerprint density at radius 1 is 1.15 bits per heavy atom. The number of rotatable bonds is 9. The van der Waals surface area contributed by atoms with Gasteiger partial charge in [0.2, 0.25) is 0 Å². The monoisotopic (exact) mass is 497 g/mol. The third kappa shape index (κ3) is 5.66. The number of ether oxygens (including phenoxy) is 2. The van der Waals surface area contributed by atoms with Crippen molar-refractivity contribution in [1.82, 2.24) is 9.97 Å². The first kappa shape index (κ1) is 24.0. The van der Waals surface area contributed by atoms with Crippen LogP contribution in [0.25, 0.3) is 0 Å². The van der Waals surface area contributed by atoms with Gasteiger partial charge in [0.25, 0.3) is 0 Å². The van der Waals surface area contributed by atoms with Crippen molar-refractivity contribution in [3.8, 4) is 17.6 Å². The van der Waals surface area contributed by atoms with Gasteiger partial charge in [0, 0.05) is 11.6 Å². The van der Waals surface area contributed by atoms with Crippen LogP contribution < -0.4 is 9.47 Å². The van der Waals surface area contributed by atoms with Gasteiger partial charge >= 0.3 is 0 Å². The van der Waals surface area contributed by atoms with Crippen LogP contribution in [-0.2, 0) is 28.5 Å². The van der Waals surface area contributed by atoms with Crippen molar-refractivity contribution < 1.29 is 17.9 Å². The predicted molar refractivity (Wildman–Crippen MR) is 129 cm³/mol. The molecule has 1 aromatic heterocycles. The molecule has 3 aromatic rings. The molecular formula is C25H24ClN3O4S. The zero-order valence-electron chi connectivity index (χ0n) is 18.8. The van der Waals surface area contributed by atoms with Gasteiger partial charge in [0.05, 0.1) is 22.4 Å². The summed E-state index contributed by atoms with van der Waals surface area (Å²) in [6.07, 6.45) is 3.65. The first-order chi connectivity index (χ1) is 16.3. The van der Waals surface area contributed by atoms with E-state index in [2.05, 4.69) is 29.9 Å². The molecule has 1 aliphatic rings. The molecule has 0 unspecified atom stereocenters. The Morgan fingerprint density at radius 3 is 2.53 bits per heavy atom. The summed E-state index contributed by atoms with van der Waals surface area (Å²) in [4.78, 5) is 8.16. The van der Waals surface area contributed by atoms with Crippen molar-refractivity contribution in [2.24, 2.45) is 0 Å². The molecule has 0 saturated heterocycles. The van der Waals surface area contributed by atoms with E-state index < -0.39 is 16.1 Å². The average Bonchev–Trinajstić information content (AvgIpc) is 3.63. The number of halogens is 1. The highest BCUT2D eigenvalue weighted by Crippen LogP contribution is 2.40. The molecule has 0 aliphatic heterocycles. The highest BCUT2D eigenvalue weighted by molar-refractivity contribution is 7.71. The van der Waals surface area contributed by atoms with Gasteiger partial charge in [-0.15, -0.1) is 0 Å². The van der Waals surface area contributed by atoms with Gasteiger partial charge < -0.3 is 9.47 Å². The summed E-state index contributed by atoms with van der Waals surface area (Å²) in [6.45, 7) is 4.33. The van der Waals surface area contributed by atoms with E-state index in [1.54, 1.807) is 6.07 Å². The van der Waals surface area contributed by atoms with Crippen LogP contribution in [0.1, 0.15) is 54.9 Å². The predicted octanol–water partition coefficient (Wildman–Crippen LogP) is 4.56.